The third-order valence-electron chi connectivity index (χ3n) is 10.7. The largest absolute Gasteiger partial charge is 0.465 e. The first-order valence-corrected chi connectivity index (χ1v) is 16.4. The van der Waals surface area contributed by atoms with E-state index in [1.165, 1.54) is 0 Å². The summed E-state index contributed by atoms with van der Waals surface area (Å²) in [5, 5.41) is 0. The molecule has 3 heterocycles. The predicted octanol–water partition coefficient (Wildman–Crippen LogP) is 3.31. The number of esters is 3. The highest BCUT2D eigenvalue weighted by molar-refractivity contribution is 5.93. The summed E-state index contributed by atoms with van der Waals surface area (Å²) in [6.07, 6.45) is 9.24. The molecular weight excluding hydrogens is 564 g/mol. The lowest BCUT2D eigenvalue weighted by atomic mass is 9.46. The Kier molecular flexibility index (Phi) is 11.0. The van der Waals surface area contributed by atoms with Crippen molar-refractivity contribution in [3.8, 4) is 0 Å². The molecule has 10 nitrogen and oxygen atoms in total. The number of hydrogen-bond donors (Lipinski definition) is 0. The van der Waals surface area contributed by atoms with Crippen molar-refractivity contribution in [1.82, 2.24) is 9.80 Å². The number of carbonyl (C=O) groups is 3. The topological polar surface area (TPSA) is 104 Å². The highest BCUT2D eigenvalue weighted by Crippen LogP contribution is 2.62. The molecule has 244 valence electrons. The molecule has 5 atom stereocenters. The van der Waals surface area contributed by atoms with Gasteiger partial charge in [0, 0.05) is 50.6 Å². The fraction of sp³-hybridized carbons (Fsp3) is 0.735. The van der Waals surface area contributed by atoms with Gasteiger partial charge in [-0.2, -0.15) is 0 Å². The molecule has 2 saturated carbocycles. The van der Waals surface area contributed by atoms with E-state index in [1.807, 2.05) is 6.08 Å². The molecular formula is C34H50N2O8. The van der Waals surface area contributed by atoms with Crippen LogP contribution in [0.5, 0.6) is 0 Å². The smallest absolute Gasteiger partial charge is 0.338 e. The van der Waals surface area contributed by atoms with Gasteiger partial charge in [0.1, 0.15) is 19.3 Å². The van der Waals surface area contributed by atoms with Crippen LogP contribution in [0, 0.1) is 22.7 Å². The number of fused-ring (bicyclic) bond motifs is 1. The van der Waals surface area contributed by atoms with Crippen molar-refractivity contribution >= 4 is 17.9 Å². The molecule has 0 bridgehead atoms. The van der Waals surface area contributed by atoms with E-state index in [0.717, 1.165) is 51.0 Å². The van der Waals surface area contributed by atoms with Crippen LogP contribution in [0.25, 0.3) is 0 Å². The molecule has 0 radical (unpaired) electrons. The summed E-state index contributed by atoms with van der Waals surface area (Å²) in [4.78, 5) is 42.8. The Balaban J connectivity index is 1.30. The molecule has 0 aromatic carbocycles. The van der Waals surface area contributed by atoms with Gasteiger partial charge in [-0.25, -0.2) is 4.79 Å². The SMILES string of the molecule is C=C1CC[C@@H]2[C@](C)(COC(=O)CCN3CCOCC3)[C@H](OC(=O)CCN3CCOCC3)CC[C@@]2(C)[C@@H]1/C=C/C1=CCOC1=O. The molecule has 0 unspecified atom stereocenters. The molecule has 4 fully saturated rings. The molecule has 0 spiro atoms. The number of hydrogen-bond acceptors (Lipinski definition) is 10. The summed E-state index contributed by atoms with van der Waals surface area (Å²) >= 11 is 0. The van der Waals surface area contributed by atoms with E-state index in [1.54, 1.807) is 6.08 Å². The van der Waals surface area contributed by atoms with Crippen LogP contribution < -0.4 is 0 Å². The predicted molar refractivity (Wildman–Crippen MR) is 164 cm³/mol. The summed E-state index contributed by atoms with van der Waals surface area (Å²) in [5.41, 5.74) is 0.927. The molecule has 0 amide bonds. The van der Waals surface area contributed by atoms with Crippen molar-refractivity contribution in [3.63, 3.8) is 0 Å². The number of ether oxygens (including phenoxy) is 5. The van der Waals surface area contributed by atoms with Crippen molar-refractivity contribution in [2.75, 3.05) is 78.9 Å². The Morgan fingerprint density at radius 3 is 2.25 bits per heavy atom. The van der Waals surface area contributed by atoms with Crippen molar-refractivity contribution < 1.29 is 38.1 Å². The molecule has 0 aromatic rings. The zero-order valence-corrected chi connectivity index (χ0v) is 26.6. The van der Waals surface area contributed by atoms with Gasteiger partial charge < -0.3 is 23.7 Å². The van der Waals surface area contributed by atoms with Crippen LogP contribution in [0.15, 0.2) is 36.0 Å². The molecule has 2 aliphatic carbocycles. The van der Waals surface area contributed by atoms with E-state index in [9.17, 15) is 14.4 Å². The monoisotopic (exact) mass is 614 g/mol. The summed E-state index contributed by atoms with van der Waals surface area (Å²) in [7, 11) is 0. The Bertz CT molecular complexity index is 1120. The second-order valence-electron chi connectivity index (χ2n) is 13.4. The first kappa shape index (κ1) is 32.9. The quantitative estimate of drug-likeness (QED) is 0.196. The number of carbonyl (C=O) groups excluding carboxylic acids is 3. The van der Waals surface area contributed by atoms with E-state index in [2.05, 4.69) is 36.3 Å². The molecule has 5 rings (SSSR count). The second kappa shape index (κ2) is 14.7. The minimum absolute atomic E-state index is 0.0323. The van der Waals surface area contributed by atoms with Gasteiger partial charge in [0.15, 0.2) is 0 Å². The maximum absolute atomic E-state index is 13.2. The number of rotatable bonds is 11. The molecule has 0 N–H and O–H groups in total. The average Bonchev–Trinajstić information content (AvgIpc) is 3.44. The van der Waals surface area contributed by atoms with Gasteiger partial charge in [0.2, 0.25) is 0 Å². The summed E-state index contributed by atoms with van der Waals surface area (Å²) in [6, 6.07) is 0. The van der Waals surface area contributed by atoms with Crippen LogP contribution in [0.3, 0.4) is 0 Å². The van der Waals surface area contributed by atoms with Crippen molar-refractivity contribution in [3.05, 3.63) is 36.0 Å². The van der Waals surface area contributed by atoms with E-state index < -0.39 is 5.41 Å². The van der Waals surface area contributed by atoms with Gasteiger partial charge in [-0.3, -0.25) is 19.4 Å². The fourth-order valence-corrected chi connectivity index (χ4v) is 8.03. The lowest BCUT2D eigenvalue weighted by molar-refractivity contribution is -0.192. The van der Waals surface area contributed by atoms with E-state index in [-0.39, 0.29) is 47.9 Å². The van der Waals surface area contributed by atoms with Gasteiger partial charge in [0.25, 0.3) is 0 Å². The Labute approximate surface area is 261 Å². The maximum Gasteiger partial charge on any atom is 0.338 e. The zero-order valence-electron chi connectivity index (χ0n) is 26.6. The van der Waals surface area contributed by atoms with Crippen molar-refractivity contribution in [2.24, 2.45) is 22.7 Å². The summed E-state index contributed by atoms with van der Waals surface area (Å²) in [6.45, 7) is 16.7. The molecule has 44 heavy (non-hydrogen) atoms. The van der Waals surface area contributed by atoms with Crippen LogP contribution >= 0.6 is 0 Å². The first-order valence-electron chi connectivity index (χ1n) is 16.4. The highest BCUT2D eigenvalue weighted by atomic mass is 16.6. The minimum Gasteiger partial charge on any atom is -0.465 e. The third-order valence-corrected chi connectivity index (χ3v) is 10.7. The Morgan fingerprint density at radius 1 is 1.00 bits per heavy atom. The van der Waals surface area contributed by atoms with Crippen LogP contribution in [0.2, 0.25) is 0 Å². The van der Waals surface area contributed by atoms with Crippen LogP contribution in [0.1, 0.15) is 52.4 Å². The number of cyclic esters (lactones) is 1. The Morgan fingerprint density at radius 2 is 1.64 bits per heavy atom. The summed E-state index contributed by atoms with van der Waals surface area (Å²) < 4.78 is 28.3. The minimum atomic E-state index is -0.575. The van der Waals surface area contributed by atoms with E-state index >= 15 is 0 Å². The van der Waals surface area contributed by atoms with E-state index in [4.69, 9.17) is 23.7 Å². The molecule has 2 saturated heterocycles. The molecule has 3 aliphatic heterocycles. The third kappa shape index (κ3) is 7.63. The number of allylic oxidation sites excluding steroid dienone is 2. The van der Waals surface area contributed by atoms with Gasteiger partial charge in [0.05, 0.1) is 44.8 Å². The van der Waals surface area contributed by atoms with Crippen LogP contribution in [-0.2, 0) is 38.1 Å². The Hall–Kier alpha value is -2.53. The van der Waals surface area contributed by atoms with Crippen molar-refractivity contribution in [1.29, 1.82) is 0 Å². The van der Waals surface area contributed by atoms with Gasteiger partial charge in [-0.15, -0.1) is 0 Å². The standard InChI is InChI=1S/C34H50N2O8/c1-25-4-7-28-33(2,27(25)6-5-26-11-19-42-32(26)39)12-8-29(44-31(38)10-14-36-17-22-41-23-18-36)34(28,3)24-43-30(37)9-13-35-15-20-40-21-16-35/h5-6,11,27-29H,1,4,7-10,12-24H2,2-3H3/b6-5+/t27-,28+,29-,33+,34+/m1/s1. The molecule has 0 aromatic heterocycles. The molecule has 10 heteroatoms. The lowest BCUT2D eigenvalue weighted by Crippen LogP contribution is -2.58. The van der Waals surface area contributed by atoms with Gasteiger partial charge in [-0.1, -0.05) is 38.2 Å². The van der Waals surface area contributed by atoms with E-state index in [0.29, 0.717) is 71.0 Å². The van der Waals surface area contributed by atoms with Crippen LogP contribution in [0.4, 0.5) is 0 Å². The van der Waals surface area contributed by atoms with Gasteiger partial charge in [-0.05, 0) is 43.1 Å². The number of morpholine rings is 2. The van der Waals surface area contributed by atoms with Crippen LogP contribution in [-0.4, -0.2) is 113 Å². The highest BCUT2D eigenvalue weighted by Gasteiger charge is 2.59. The van der Waals surface area contributed by atoms with Crippen molar-refractivity contribution in [2.45, 2.75) is 58.5 Å². The average molecular weight is 615 g/mol. The van der Waals surface area contributed by atoms with Gasteiger partial charge >= 0.3 is 17.9 Å². The number of nitrogens with zero attached hydrogens (tertiary/aromatic N) is 2. The molecule has 5 aliphatic rings. The normalized spacial score (nSPS) is 33.5. The fourth-order valence-electron chi connectivity index (χ4n) is 8.03. The second-order valence-corrected chi connectivity index (χ2v) is 13.4. The lowest BCUT2D eigenvalue weighted by Gasteiger charge is -2.60. The maximum atomic E-state index is 13.2. The summed E-state index contributed by atoms with van der Waals surface area (Å²) in [5.74, 6) is -0.600. The zero-order chi connectivity index (χ0) is 31.2. The first-order chi connectivity index (χ1) is 21.2.